The minimum absolute atomic E-state index is 0.109. The van der Waals surface area contributed by atoms with Crippen molar-refractivity contribution in [1.29, 1.82) is 0 Å². The summed E-state index contributed by atoms with van der Waals surface area (Å²) in [5.74, 6) is 5.51. The van der Waals surface area contributed by atoms with Crippen LogP contribution in [0.2, 0.25) is 0 Å². The Balaban J connectivity index is 1.32. The van der Waals surface area contributed by atoms with Gasteiger partial charge in [0.1, 0.15) is 0 Å². The number of hydrogen-bond acceptors (Lipinski definition) is 3. The van der Waals surface area contributed by atoms with Gasteiger partial charge in [-0.25, -0.2) is 0 Å². The summed E-state index contributed by atoms with van der Waals surface area (Å²) in [6, 6.07) is 0. The third kappa shape index (κ3) is 2.71. The highest BCUT2D eigenvalue weighted by atomic mass is 16.5. The zero-order valence-electron chi connectivity index (χ0n) is 21.1. The Labute approximate surface area is 196 Å². The molecule has 2 aliphatic heterocycles. The standard InChI is InChI=1S/C29H47NO2/c1-18(2)15-20-9-11-27(4)21(16-20)5-6-25-24(27)8-7-23-22-17-32-28(19(3)29(23,25)28)12-10-26(22)31-14-13-30/h6,18-24,26H,5,7-17,30H2,1-4H3. The molecule has 2 bridgehead atoms. The number of nitrogens with two attached hydrogens (primary N) is 1. The molecule has 180 valence electrons. The van der Waals surface area contributed by atoms with Crippen molar-refractivity contribution in [1.82, 2.24) is 0 Å². The van der Waals surface area contributed by atoms with Crippen LogP contribution in [0.1, 0.15) is 85.5 Å². The maximum Gasteiger partial charge on any atom is 0.0817 e. The van der Waals surface area contributed by atoms with Crippen molar-refractivity contribution in [2.24, 2.45) is 58.0 Å². The molecule has 0 aromatic heterocycles. The van der Waals surface area contributed by atoms with Crippen LogP contribution >= 0.6 is 0 Å². The van der Waals surface area contributed by atoms with E-state index < -0.39 is 0 Å². The van der Waals surface area contributed by atoms with Crippen LogP contribution in [-0.2, 0) is 9.47 Å². The molecule has 2 N–H and O–H groups in total. The van der Waals surface area contributed by atoms with Crippen molar-refractivity contribution in [2.45, 2.75) is 97.2 Å². The SMILES string of the molecule is CC(C)CC1CCC2(C)C(CC=C3C2CCC2C4COC5(CCC4OCCN)C(C)C325)C1. The molecule has 0 amide bonds. The molecular formula is C29H47NO2. The van der Waals surface area contributed by atoms with E-state index in [1.165, 1.54) is 57.8 Å². The lowest BCUT2D eigenvalue weighted by atomic mass is 9.47. The molecule has 2 heterocycles. The molecule has 7 rings (SSSR count). The zero-order valence-corrected chi connectivity index (χ0v) is 21.1. The number of ether oxygens (including phenoxy) is 2. The second kappa shape index (κ2) is 7.56. The van der Waals surface area contributed by atoms with Crippen LogP contribution in [0, 0.1) is 52.3 Å². The monoisotopic (exact) mass is 441 g/mol. The van der Waals surface area contributed by atoms with Crippen LogP contribution in [0.15, 0.2) is 11.6 Å². The molecule has 7 aliphatic rings. The Morgan fingerprint density at radius 2 is 2.03 bits per heavy atom. The summed E-state index contributed by atoms with van der Waals surface area (Å²) < 4.78 is 13.2. The molecule has 4 saturated carbocycles. The van der Waals surface area contributed by atoms with Crippen molar-refractivity contribution >= 4 is 0 Å². The van der Waals surface area contributed by atoms with Gasteiger partial charge in [-0.05, 0) is 98.7 Å². The van der Waals surface area contributed by atoms with Gasteiger partial charge in [-0.2, -0.15) is 0 Å². The summed E-state index contributed by atoms with van der Waals surface area (Å²) in [5, 5.41) is 0. The topological polar surface area (TPSA) is 44.5 Å². The van der Waals surface area contributed by atoms with Gasteiger partial charge in [-0.15, -0.1) is 0 Å². The highest BCUT2D eigenvalue weighted by Crippen LogP contribution is 2.83. The molecule has 10 unspecified atom stereocenters. The third-order valence-corrected chi connectivity index (χ3v) is 11.8. The van der Waals surface area contributed by atoms with Crippen LogP contribution in [0.4, 0.5) is 0 Å². The molecule has 0 aromatic carbocycles. The molecule has 3 nitrogen and oxygen atoms in total. The van der Waals surface area contributed by atoms with Gasteiger partial charge in [0.25, 0.3) is 0 Å². The second-order valence-corrected chi connectivity index (χ2v) is 13.3. The average Bonchev–Trinajstić information content (AvgIpc) is 3.40. The van der Waals surface area contributed by atoms with Gasteiger partial charge in [-0.3, -0.25) is 0 Å². The fraction of sp³-hybridized carbons (Fsp3) is 0.931. The fourth-order valence-electron chi connectivity index (χ4n) is 10.6. The lowest BCUT2D eigenvalue weighted by Gasteiger charge is -2.59. The minimum atomic E-state index is 0.109. The summed E-state index contributed by atoms with van der Waals surface area (Å²) in [5.41, 5.74) is 8.62. The molecule has 0 radical (unpaired) electrons. The van der Waals surface area contributed by atoms with Crippen molar-refractivity contribution < 1.29 is 9.47 Å². The first-order chi connectivity index (χ1) is 15.4. The van der Waals surface area contributed by atoms with Crippen molar-refractivity contribution in [3.63, 3.8) is 0 Å². The van der Waals surface area contributed by atoms with E-state index in [0.29, 0.717) is 41.9 Å². The molecule has 5 aliphatic carbocycles. The maximum absolute atomic E-state index is 6.87. The molecule has 32 heavy (non-hydrogen) atoms. The van der Waals surface area contributed by atoms with Gasteiger partial charge < -0.3 is 15.2 Å². The first kappa shape index (κ1) is 22.1. The molecular weight excluding hydrogens is 394 g/mol. The van der Waals surface area contributed by atoms with Gasteiger partial charge in [0, 0.05) is 17.9 Å². The summed E-state index contributed by atoms with van der Waals surface area (Å²) in [7, 11) is 0. The molecule has 2 saturated heterocycles. The van der Waals surface area contributed by atoms with Crippen LogP contribution in [0.3, 0.4) is 0 Å². The van der Waals surface area contributed by atoms with E-state index in [4.69, 9.17) is 15.2 Å². The molecule has 6 fully saturated rings. The fourth-order valence-corrected chi connectivity index (χ4v) is 10.6. The lowest BCUT2D eigenvalue weighted by molar-refractivity contribution is -0.121. The maximum atomic E-state index is 6.87. The van der Waals surface area contributed by atoms with Crippen LogP contribution in [0.5, 0.6) is 0 Å². The van der Waals surface area contributed by atoms with E-state index in [1.807, 2.05) is 5.57 Å². The van der Waals surface area contributed by atoms with E-state index in [1.54, 1.807) is 0 Å². The molecule has 0 aromatic rings. The molecule has 2 spiro atoms. The van der Waals surface area contributed by atoms with Crippen molar-refractivity contribution in [3.8, 4) is 0 Å². The quantitative estimate of drug-likeness (QED) is 0.535. The number of rotatable bonds is 5. The van der Waals surface area contributed by atoms with E-state index in [2.05, 4.69) is 33.8 Å². The van der Waals surface area contributed by atoms with Gasteiger partial charge in [0.05, 0.1) is 24.9 Å². The predicted molar refractivity (Wildman–Crippen MR) is 129 cm³/mol. The number of allylic oxidation sites excluding steroid dienone is 1. The highest BCUT2D eigenvalue weighted by molar-refractivity contribution is 5.46. The van der Waals surface area contributed by atoms with Gasteiger partial charge in [0.2, 0.25) is 0 Å². The Morgan fingerprint density at radius 1 is 1.19 bits per heavy atom. The van der Waals surface area contributed by atoms with Crippen LogP contribution in [0.25, 0.3) is 0 Å². The molecule has 10 atom stereocenters. The summed E-state index contributed by atoms with van der Waals surface area (Å²) in [6.07, 6.45) is 15.4. The first-order valence-corrected chi connectivity index (χ1v) is 14.0. The Hall–Kier alpha value is -0.380. The Bertz CT molecular complexity index is 777. The van der Waals surface area contributed by atoms with E-state index in [9.17, 15) is 0 Å². The summed E-state index contributed by atoms with van der Waals surface area (Å²) in [4.78, 5) is 0. The van der Waals surface area contributed by atoms with Crippen molar-refractivity contribution in [3.05, 3.63) is 11.6 Å². The van der Waals surface area contributed by atoms with E-state index in [0.717, 1.165) is 36.2 Å². The number of hydrogen-bond donors (Lipinski definition) is 1. The van der Waals surface area contributed by atoms with Crippen LogP contribution < -0.4 is 5.73 Å². The van der Waals surface area contributed by atoms with E-state index >= 15 is 0 Å². The Morgan fingerprint density at radius 3 is 2.81 bits per heavy atom. The summed E-state index contributed by atoms with van der Waals surface area (Å²) >= 11 is 0. The minimum Gasteiger partial charge on any atom is -0.377 e. The number of fused-ring (bicyclic) bond motifs is 6. The Kier molecular flexibility index (Phi) is 5.22. The highest BCUT2D eigenvalue weighted by Gasteiger charge is 2.84. The normalized spacial score (nSPS) is 53.6. The van der Waals surface area contributed by atoms with Crippen LogP contribution in [-0.4, -0.2) is 31.5 Å². The smallest absolute Gasteiger partial charge is 0.0817 e. The van der Waals surface area contributed by atoms with Gasteiger partial charge in [-0.1, -0.05) is 39.3 Å². The largest absolute Gasteiger partial charge is 0.377 e. The van der Waals surface area contributed by atoms with Crippen molar-refractivity contribution in [2.75, 3.05) is 19.8 Å². The third-order valence-electron chi connectivity index (χ3n) is 11.8. The summed E-state index contributed by atoms with van der Waals surface area (Å²) in [6.45, 7) is 12.3. The average molecular weight is 442 g/mol. The molecule has 3 heteroatoms. The second-order valence-electron chi connectivity index (χ2n) is 13.3. The van der Waals surface area contributed by atoms with Gasteiger partial charge in [0.15, 0.2) is 0 Å². The van der Waals surface area contributed by atoms with Gasteiger partial charge >= 0.3 is 0 Å². The predicted octanol–water partition coefficient (Wildman–Crippen LogP) is 5.97. The lowest BCUT2D eigenvalue weighted by Crippen LogP contribution is -2.53. The zero-order chi connectivity index (χ0) is 22.3. The van der Waals surface area contributed by atoms with E-state index in [-0.39, 0.29) is 5.60 Å². The first-order valence-electron chi connectivity index (χ1n) is 14.0.